The lowest BCUT2D eigenvalue weighted by atomic mass is 10.1. The molecule has 0 spiro atoms. The van der Waals surface area contributed by atoms with Gasteiger partial charge in [-0.15, -0.1) is 11.8 Å². The summed E-state index contributed by atoms with van der Waals surface area (Å²) in [5.74, 6) is -0.631. The Kier molecular flexibility index (Phi) is 9.97. The largest absolute Gasteiger partial charge is 0.321 e. The van der Waals surface area contributed by atoms with Crippen molar-refractivity contribution in [2.45, 2.75) is 17.1 Å². The second-order valence-corrected chi connectivity index (χ2v) is 11.0. The Labute approximate surface area is 260 Å². The number of rotatable bonds is 10. The lowest BCUT2D eigenvalue weighted by molar-refractivity contribution is -0.116. The second-order valence-electron chi connectivity index (χ2n) is 9.83. The van der Waals surface area contributed by atoms with Gasteiger partial charge in [0.05, 0.1) is 0 Å². The van der Waals surface area contributed by atoms with Crippen molar-refractivity contribution in [1.29, 1.82) is 0 Å². The van der Waals surface area contributed by atoms with E-state index in [-0.39, 0.29) is 11.6 Å². The van der Waals surface area contributed by atoms with Crippen molar-refractivity contribution in [3.05, 3.63) is 162 Å². The maximum absolute atomic E-state index is 13.6. The Morgan fingerprint density at radius 3 is 2.18 bits per heavy atom. The van der Waals surface area contributed by atoms with Crippen molar-refractivity contribution in [2.24, 2.45) is 0 Å². The lowest BCUT2D eigenvalue weighted by Gasteiger charge is -2.17. The summed E-state index contributed by atoms with van der Waals surface area (Å²) in [7, 11) is 0. The van der Waals surface area contributed by atoms with Gasteiger partial charge in [0.1, 0.15) is 16.8 Å². The molecule has 0 saturated carbocycles. The summed E-state index contributed by atoms with van der Waals surface area (Å²) >= 11 is 1.36. The van der Waals surface area contributed by atoms with Crippen LogP contribution in [0.1, 0.15) is 32.3 Å². The molecule has 0 aliphatic heterocycles. The van der Waals surface area contributed by atoms with Crippen molar-refractivity contribution in [2.75, 3.05) is 10.6 Å². The number of benzene rings is 4. The molecule has 5 aromatic rings. The summed E-state index contributed by atoms with van der Waals surface area (Å²) in [6.07, 6.45) is 3.29. The van der Waals surface area contributed by atoms with Crippen LogP contribution in [0.5, 0.6) is 0 Å². The maximum Gasteiger partial charge on any atom is 0.272 e. The van der Waals surface area contributed by atoms with Gasteiger partial charge in [0.2, 0.25) is 5.91 Å². The number of carbonyl (C=O) groups is 3. The second kappa shape index (κ2) is 14.6. The molecule has 0 fully saturated rings. The number of hydrogen-bond donors (Lipinski definition) is 3. The van der Waals surface area contributed by atoms with Gasteiger partial charge in [0.15, 0.2) is 0 Å². The number of nitrogens with one attached hydrogen (secondary N) is 3. The van der Waals surface area contributed by atoms with Crippen molar-refractivity contribution in [3.63, 3.8) is 0 Å². The number of aromatic nitrogens is 1. The van der Waals surface area contributed by atoms with E-state index < -0.39 is 17.1 Å². The average molecular weight is 599 g/mol. The molecule has 1 atom stereocenters. The molecule has 0 bridgehead atoms. The summed E-state index contributed by atoms with van der Waals surface area (Å²) in [6.45, 7) is 1.94. The topological polar surface area (TPSA) is 100 Å². The van der Waals surface area contributed by atoms with Crippen LogP contribution in [0.15, 0.2) is 144 Å². The zero-order valence-electron chi connectivity index (χ0n) is 23.9. The van der Waals surface area contributed by atoms with Crippen LogP contribution in [-0.4, -0.2) is 22.7 Å². The van der Waals surface area contributed by atoms with Gasteiger partial charge in [-0.2, -0.15) is 0 Å². The highest BCUT2D eigenvalue weighted by molar-refractivity contribution is 8.00. The SMILES string of the molecule is Cc1ccccc1/C=C(\NC(=O)c1ccccc1)C(=O)Nc1cccc(SC(C(=O)Nc2ccccn2)c2ccccc2)c1. The number of nitrogens with zero attached hydrogens (tertiary/aromatic N) is 1. The number of thioether (sulfide) groups is 1. The average Bonchev–Trinajstić information content (AvgIpc) is 3.05. The monoisotopic (exact) mass is 598 g/mol. The molecule has 0 aliphatic rings. The van der Waals surface area contributed by atoms with Crippen molar-refractivity contribution >= 4 is 47.1 Å². The summed E-state index contributed by atoms with van der Waals surface area (Å²) < 4.78 is 0. The molecule has 218 valence electrons. The molecule has 0 saturated heterocycles. The first-order valence-electron chi connectivity index (χ1n) is 13.9. The third kappa shape index (κ3) is 8.08. The van der Waals surface area contributed by atoms with Crippen LogP contribution in [0, 0.1) is 6.92 Å². The van der Waals surface area contributed by atoms with E-state index in [9.17, 15) is 14.4 Å². The third-order valence-corrected chi connectivity index (χ3v) is 7.87. The van der Waals surface area contributed by atoms with E-state index in [1.165, 1.54) is 11.8 Å². The molecule has 8 heteroatoms. The molecular formula is C36H30N4O3S. The van der Waals surface area contributed by atoms with Gasteiger partial charge in [-0.1, -0.05) is 84.9 Å². The van der Waals surface area contributed by atoms with Crippen molar-refractivity contribution in [3.8, 4) is 0 Å². The van der Waals surface area contributed by atoms with Gasteiger partial charge in [0, 0.05) is 22.3 Å². The maximum atomic E-state index is 13.6. The quantitative estimate of drug-likeness (QED) is 0.116. The van der Waals surface area contributed by atoms with E-state index in [0.29, 0.717) is 17.1 Å². The molecule has 1 unspecified atom stereocenters. The van der Waals surface area contributed by atoms with Crippen molar-refractivity contribution < 1.29 is 14.4 Å². The molecule has 44 heavy (non-hydrogen) atoms. The highest BCUT2D eigenvalue weighted by Gasteiger charge is 2.23. The molecule has 5 rings (SSSR count). The van der Waals surface area contributed by atoms with Crippen LogP contribution in [0.2, 0.25) is 0 Å². The predicted molar refractivity (Wildman–Crippen MR) is 176 cm³/mol. The molecule has 0 aliphatic carbocycles. The van der Waals surface area contributed by atoms with Gasteiger partial charge in [-0.05, 0) is 72.2 Å². The fourth-order valence-electron chi connectivity index (χ4n) is 4.36. The zero-order chi connectivity index (χ0) is 30.7. The van der Waals surface area contributed by atoms with Gasteiger partial charge < -0.3 is 16.0 Å². The Bertz CT molecular complexity index is 1780. The number of pyridine rings is 1. The number of carbonyl (C=O) groups excluding carboxylic acids is 3. The first-order valence-corrected chi connectivity index (χ1v) is 14.8. The molecule has 0 radical (unpaired) electrons. The molecule has 1 heterocycles. The summed E-state index contributed by atoms with van der Waals surface area (Å²) in [5.41, 5.74) is 3.64. The number of hydrogen-bond acceptors (Lipinski definition) is 5. The molecule has 7 nitrogen and oxygen atoms in total. The summed E-state index contributed by atoms with van der Waals surface area (Å²) in [5, 5.41) is 8.01. The van der Waals surface area contributed by atoms with Crippen LogP contribution in [-0.2, 0) is 9.59 Å². The van der Waals surface area contributed by atoms with E-state index in [4.69, 9.17) is 0 Å². The molecule has 4 aromatic carbocycles. The Morgan fingerprint density at radius 2 is 1.45 bits per heavy atom. The first-order chi connectivity index (χ1) is 21.5. The van der Waals surface area contributed by atoms with Gasteiger partial charge in [-0.25, -0.2) is 4.98 Å². The highest BCUT2D eigenvalue weighted by Crippen LogP contribution is 2.37. The fraction of sp³-hybridized carbons (Fsp3) is 0.0556. The predicted octanol–water partition coefficient (Wildman–Crippen LogP) is 7.27. The number of amides is 3. The Morgan fingerprint density at radius 1 is 0.750 bits per heavy atom. The van der Waals surface area contributed by atoms with Crippen LogP contribution in [0.3, 0.4) is 0 Å². The molecule has 3 N–H and O–H groups in total. The Hall–Kier alpha value is -5.47. The van der Waals surface area contributed by atoms with Gasteiger partial charge >= 0.3 is 0 Å². The van der Waals surface area contributed by atoms with E-state index in [1.54, 1.807) is 60.8 Å². The van der Waals surface area contributed by atoms with E-state index in [1.807, 2.05) is 85.8 Å². The minimum Gasteiger partial charge on any atom is -0.321 e. The smallest absolute Gasteiger partial charge is 0.272 e. The minimum absolute atomic E-state index is 0.100. The molecular weight excluding hydrogens is 568 g/mol. The minimum atomic E-state index is -0.578. The summed E-state index contributed by atoms with van der Waals surface area (Å²) in [6, 6.07) is 38.4. The Balaban J connectivity index is 1.38. The zero-order valence-corrected chi connectivity index (χ0v) is 24.8. The van der Waals surface area contributed by atoms with Crippen molar-refractivity contribution in [1.82, 2.24) is 10.3 Å². The first kappa shape index (κ1) is 30.0. The molecule has 1 aromatic heterocycles. The van der Waals surface area contributed by atoms with Crippen LogP contribution >= 0.6 is 11.8 Å². The van der Waals surface area contributed by atoms with Crippen LogP contribution in [0.25, 0.3) is 6.08 Å². The standard InChI is InChI=1S/C36H30N4O3S/c1-25-13-8-9-18-28(25)23-31(39-34(41)27-16-6-3-7-17-27)35(42)38-29-19-12-20-30(24-29)44-33(26-14-4-2-5-15-26)36(43)40-32-21-10-11-22-37-32/h2-24,33H,1H3,(H,38,42)(H,39,41)(H,37,40,43)/b31-23-. The van der Waals surface area contributed by atoms with Crippen LogP contribution in [0.4, 0.5) is 11.5 Å². The van der Waals surface area contributed by atoms with E-state index in [0.717, 1.165) is 21.6 Å². The fourth-order valence-corrected chi connectivity index (χ4v) is 5.44. The van der Waals surface area contributed by atoms with Crippen LogP contribution < -0.4 is 16.0 Å². The number of anilines is 2. The normalized spacial score (nSPS) is 11.7. The van der Waals surface area contributed by atoms with Gasteiger partial charge in [-0.3, -0.25) is 14.4 Å². The summed E-state index contributed by atoms with van der Waals surface area (Å²) in [4.78, 5) is 45.0. The third-order valence-electron chi connectivity index (χ3n) is 6.62. The number of aryl methyl sites for hydroxylation is 1. The van der Waals surface area contributed by atoms with Gasteiger partial charge in [0.25, 0.3) is 11.8 Å². The highest BCUT2D eigenvalue weighted by atomic mass is 32.2. The van der Waals surface area contributed by atoms with E-state index >= 15 is 0 Å². The van der Waals surface area contributed by atoms with E-state index in [2.05, 4.69) is 20.9 Å². The lowest BCUT2D eigenvalue weighted by Crippen LogP contribution is -2.30. The molecule has 3 amide bonds.